The van der Waals surface area contributed by atoms with Crippen LogP contribution in [0.25, 0.3) is 0 Å². The third kappa shape index (κ3) is 4.31. The van der Waals surface area contributed by atoms with Gasteiger partial charge >= 0.3 is 0 Å². The number of carbonyl (C=O) groups excluding carboxylic acids is 1. The van der Waals surface area contributed by atoms with Gasteiger partial charge in [-0.3, -0.25) is 9.69 Å². The number of benzene rings is 1. The van der Waals surface area contributed by atoms with E-state index in [1.165, 1.54) is 0 Å². The van der Waals surface area contributed by atoms with Crippen LogP contribution in [0.1, 0.15) is 43.1 Å². The molecule has 0 N–H and O–H groups in total. The molecule has 1 aromatic carbocycles. The maximum atomic E-state index is 12.1. The van der Waals surface area contributed by atoms with Gasteiger partial charge in [0.2, 0.25) is 0 Å². The van der Waals surface area contributed by atoms with E-state index in [4.69, 9.17) is 0 Å². The number of carbonyl (C=O) groups is 1. The van der Waals surface area contributed by atoms with E-state index in [0.29, 0.717) is 12.6 Å². The van der Waals surface area contributed by atoms with Crippen molar-refractivity contribution in [1.82, 2.24) is 4.90 Å². The van der Waals surface area contributed by atoms with Crippen molar-refractivity contribution in [2.45, 2.75) is 40.2 Å². The Morgan fingerprint density at radius 2 is 2.06 bits per heavy atom. The van der Waals surface area contributed by atoms with Crippen molar-refractivity contribution in [1.29, 1.82) is 0 Å². The second kappa shape index (κ2) is 6.55. The zero-order valence-corrected chi connectivity index (χ0v) is 11.4. The van der Waals surface area contributed by atoms with Crippen LogP contribution in [-0.2, 0) is 0 Å². The number of ketones is 1. The maximum Gasteiger partial charge on any atom is 0.176 e. The Balaban J connectivity index is 2.70. The van der Waals surface area contributed by atoms with Crippen LogP contribution >= 0.6 is 0 Å². The number of rotatable bonds is 6. The highest BCUT2D eigenvalue weighted by Crippen LogP contribution is 2.08. The predicted octanol–water partition coefficient (Wildman–Crippen LogP) is 3.30. The lowest BCUT2D eigenvalue weighted by Gasteiger charge is -2.25. The quantitative estimate of drug-likeness (QED) is 0.703. The number of nitrogens with zero attached hydrogens (tertiary/aromatic N) is 1. The first-order valence-corrected chi connectivity index (χ1v) is 6.38. The lowest BCUT2D eigenvalue weighted by Crippen LogP contribution is -2.36. The molecular weight excluding hydrogens is 210 g/mol. The molecule has 0 aliphatic heterocycles. The molecule has 17 heavy (non-hydrogen) atoms. The molecule has 0 unspecified atom stereocenters. The van der Waals surface area contributed by atoms with Gasteiger partial charge in [-0.15, -0.1) is 0 Å². The first-order chi connectivity index (χ1) is 8.04. The molecule has 2 heteroatoms. The normalized spacial score (nSPS) is 11.2. The van der Waals surface area contributed by atoms with Crippen LogP contribution in [0.5, 0.6) is 0 Å². The van der Waals surface area contributed by atoms with E-state index in [1.807, 2.05) is 31.2 Å². The first kappa shape index (κ1) is 13.9. The monoisotopic (exact) mass is 233 g/mol. The number of Topliss-reactive ketones (excluding diaryl/α,β-unsaturated/α-hetero) is 1. The molecule has 94 valence electrons. The summed E-state index contributed by atoms with van der Waals surface area (Å²) in [6.07, 6.45) is 1.08. The number of aryl methyl sites for hydroxylation is 1. The van der Waals surface area contributed by atoms with Gasteiger partial charge in [0.1, 0.15) is 0 Å². The smallest absolute Gasteiger partial charge is 0.176 e. The minimum Gasteiger partial charge on any atom is -0.293 e. The van der Waals surface area contributed by atoms with Gasteiger partial charge in [0.25, 0.3) is 0 Å². The van der Waals surface area contributed by atoms with Crippen LogP contribution in [0.15, 0.2) is 24.3 Å². The molecule has 1 aromatic rings. The summed E-state index contributed by atoms with van der Waals surface area (Å²) in [5.74, 6) is 0.218. The largest absolute Gasteiger partial charge is 0.293 e. The Bertz CT molecular complexity index is 371. The highest BCUT2D eigenvalue weighted by atomic mass is 16.1. The molecule has 0 amide bonds. The third-order valence-corrected chi connectivity index (χ3v) is 2.93. The SMILES string of the molecule is CCCN(CC(=O)c1cccc(C)c1)C(C)C. The van der Waals surface area contributed by atoms with Crippen LogP contribution < -0.4 is 0 Å². The Labute approximate surface area is 105 Å². The first-order valence-electron chi connectivity index (χ1n) is 6.38. The molecule has 0 aliphatic carbocycles. The molecule has 0 bridgehead atoms. The van der Waals surface area contributed by atoms with Gasteiger partial charge in [-0.25, -0.2) is 0 Å². The van der Waals surface area contributed by atoms with Crippen LogP contribution in [0, 0.1) is 6.92 Å². The average molecular weight is 233 g/mol. The topological polar surface area (TPSA) is 20.3 Å². The van der Waals surface area contributed by atoms with E-state index in [-0.39, 0.29) is 5.78 Å². The number of hydrogen-bond acceptors (Lipinski definition) is 2. The van der Waals surface area contributed by atoms with E-state index in [0.717, 1.165) is 24.1 Å². The summed E-state index contributed by atoms with van der Waals surface area (Å²) in [5, 5.41) is 0. The second-order valence-corrected chi connectivity index (χ2v) is 4.86. The fourth-order valence-electron chi connectivity index (χ4n) is 1.90. The minimum absolute atomic E-state index is 0.218. The molecule has 0 saturated carbocycles. The zero-order chi connectivity index (χ0) is 12.8. The van der Waals surface area contributed by atoms with Crippen molar-refractivity contribution in [2.24, 2.45) is 0 Å². The summed E-state index contributed by atoms with van der Waals surface area (Å²) in [7, 11) is 0. The minimum atomic E-state index is 0.218. The number of hydrogen-bond donors (Lipinski definition) is 0. The van der Waals surface area contributed by atoms with Gasteiger partial charge in [-0.2, -0.15) is 0 Å². The molecule has 0 spiro atoms. The van der Waals surface area contributed by atoms with Crippen molar-refractivity contribution >= 4 is 5.78 Å². The summed E-state index contributed by atoms with van der Waals surface area (Å²) in [6, 6.07) is 8.25. The van der Waals surface area contributed by atoms with Crippen molar-refractivity contribution < 1.29 is 4.79 Å². The van der Waals surface area contributed by atoms with Crippen LogP contribution in [0.3, 0.4) is 0 Å². The van der Waals surface area contributed by atoms with E-state index in [2.05, 4.69) is 25.7 Å². The third-order valence-electron chi connectivity index (χ3n) is 2.93. The van der Waals surface area contributed by atoms with Crippen LogP contribution in [-0.4, -0.2) is 29.8 Å². The molecule has 2 nitrogen and oxygen atoms in total. The highest BCUT2D eigenvalue weighted by Gasteiger charge is 2.14. The summed E-state index contributed by atoms with van der Waals surface area (Å²) in [4.78, 5) is 14.4. The fourth-order valence-corrected chi connectivity index (χ4v) is 1.90. The molecule has 1 rings (SSSR count). The Kier molecular flexibility index (Phi) is 5.36. The molecule has 0 radical (unpaired) electrons. The molecular formula is C15H23NO. The van der Waals surface area contributed by atoms with Crippen LogP contribution in [0.2, 0.25) is 0 Å². The molecule has 0 atom stereocenters. The summed E-state index contributed by atoms with van der Waals surface area (Å²) < 4.78 is 0. The van der Waals surface area contributed by atoms with E-state index in [9.17, 15) is 4.79 Å². The van der Waals surface area contributed by atoms with Crippen molar-refractivity contribution in [2.75, 3.05) is 13.1 Å². The van der Waals surface area contributed by atoms with Gasteiger partial charge in [0, 0.05) is 11.6 Å². The summed E-state index contributed by atoms with van der Waals surface area (Å²) in [5.41, 5.74) is 1.97. The van der Waals surface area contributed by atoms with E-state index < -0.39 is 0 Å². The molecule has 0 fully saturated rings. The highest BCUT2D eigenvalue weighted by molar-refractivity contribution is 5.97. The fraction of sp³-hybridized carbons (Fsp3) is 0.533. The average Bonchev–Trinajstić information content (AvgIpc) is 2.28. The van der Waals surface area contributed by atoms with Crippen molar-refractivity contribution in [3.8, 4) is 0 Å². The maximum absolute atomic E-state index is 12.1. The van der Waals surface area contributed by atoms with Gasteiger partial charge in [-0.05, 0) is 39.8 Å². The Hall–Kier alpha value is -1.15. The predicted molar refractivity (Wildman–Crippen MR) is 72.5 cm³/mol. The van der Waals surface area contributed by atoms with Crippen LogP contribution in [0.4, 0.5) is 0 Å². The van der Waals surface area contributed by atoms with E-state index >= 15 is 0 Å². The Morgan fingerprint density at radius 1 is 1.35 bits per heavy atom. The van der Waals surface area contributed by atoms with E-state index in [1.54, 1.807) is 0 Å². The second-order valence-electron chi connectivity index (χ2n) is 4.86. The summed E-state index contributed by atoms with van der Waals surface area (Å²) in [6.45, 7) is 9.94. The van der Waals surface area contributed by atoms with Gasteiger partial charge in [0.15, 0.2) is 5.78 Å². The molecule has 0 heterocycles. The Morgan fingerprint density at radius 3 is 2.59 bits per heavy atom. The summed E-state index contributed by atoms with van der Waals surface area (Å²) >= 11 is 0. The van der Waals surface area contributed by atoms with Crippen molar-refractivity contribution in [3.05, 3.63) is 35.4 Å². The molecule has 0 aromatic heterocycles. The standard InChI is InChI=1S/C15H23NO/c1-5-9-16(12(2)3)11-15(17)14-8-6-7-13(4)10-14/h6-8,10,12H,5,9,11H2,1-4H3. The molecule has 0 saturated heterocycles. The lowest BCUT2D eigenvalue weighted by molar-refractivity contribution is 0.0906. The lowest BCUT2D eigenvalue weighted by atomic mass is 10.1. The van der Waals surface area contributed by atoms with Gasteiger partial charge in [-0.1, -0.05) is 30.7 Å². The van der Waals surface area contributed by atoms with Gasteiger partial charge < -0.3 is 0 Å². The zero-order valence-electron chi connectivity index (χ0n) is 11.4. The van der Waals surface area contributed by atoms with Gasteiger partial charge in [0.05, 0.1) is 6.54 Å². The molecule has 0 aliphatic rings. The van der Waals surface area contributed by atoms with Crippen molar-refractivity contribution in [3.63, 3.8) is 0 Å².